The van der Waals surface area contributed by atoms with Crippen LogP contribution in [0.4, 0.5) is 0 Å². The SMILES string of the molecule is CCN(C)CN=C(CN)N1C[C@](C)(c2ccccc2)C(c2ccccc2)=N1. The van der Waals surface area contributed by atoms with Crippen molar-refractivity contribution in [1.82, 2.24) is 9.91 Å². The van der Waals surface area contributed by atoms with E-state index in [9.17, 15) is 0 Å². The first-order chi connectivity index (χ1) is 13.1. The minimum Gasteiger partial charge on any atom is -0.324 e. The molecule has 1 aliphatic rings. The summed E-state index contributed by atoms with van der Waals surface area (Å²) in [5.74, 6) is 0.823. The maximum atomic E-state index is 6.03. The Morgan fingerprint density at radius 3 is 2.37 bits per heavy atom. The van der Waals surface area contributed by atoms with Gasteiger partial charge in [-0.2, -0.15) is 5.10 Å². The Bertz CT molecular complexity index is 800. The normalized spacial score (nSPS) is 20.3. The van der Waals surface area contributed by atoms with Crippen molar-refractivity contribution in [1.29, 1.82) is 0 Å². The van der Waals surface area contributed by atoms with Gasteiger partial charge in [-0.1, -0.05) is 67.6 Å². The molecule has 1 heterocycles. The van der Waals surface area contributed by atoms with E-state index in [1.54, 1.807) is 0 Å². The Kier molecular flexibility index (Phi) is 6.04. The van der Waals surface area contributed by atoms with E-state index < -0.39 is 0 Å². The third-order valence-corrected chi connectivity index (χ3v) is 5.18. The number of rotatable bonds is 6. The Hall–Kier alpha value is -2.50. The average molecular weight is 364 g/mol. The Balaban J connectivity index is 2.00. The van der Waals surface area contributed by atoms with Gasteiger partial charge in [-0.05, 0) is 31.6 Å². The molecule has 0 spiro atoms. The summed E-state index contributed by atoms with van der Waals surface area (Å²) in [6, 6.07) is 20.9. The van der Waals surface area contributed by atoms with Crippen LogP contribution in [0.25, 0.3) is 0 Å². The van der Waals surface area contributed by atoms with Crippen molar-refractivity contribution >= 4 is 11.5 Å². The smallest absolute Gasteiger partial charge is 0.135 e. The van der Waals surface area contributed by atoms with E-state index in [0.717, 1.165) is 30.2 Å². The lowest BCUT2D eigenvalue weighted by atomic mass is 9.76. The number of nitrogens with zero attached hydrogens (tertiary/aromatic N) is 4. The summed E-state index contributed by atoms with van der Waals surface area (Å²) in [7, 11) is 2.05. The topological polar surface area (TPSA) is 57.2 Å². The molecule has 0 radical (unpaired) electrons. The molecule has 0 saturated carbocycles. The number of amidine groups is 1. The van der Waals surface area contributed by atoms with E-state index in [1.165, 1.54) is 5.56 Å². The summed E-state index contributed by atoms with van der Waals surface area (Å²) in [5.41, 5.74) is 9.24. The molecule has 0 saturated heterocycles. The van der Waals surface area contributed by atoms with Crippen molar-refractivity contribution in [2.24, 2.45) is 15.8 Å². The number of nitrogens with two attached hydrogens (primary N) is 1. The van der Waals surface area contributed by atoms with Gasteiger partial charge in [0, 0.05) is 0 Å². The number of hydrogen-bond donors (Lipinski definition) is 1. The quantitative estimate of drug-likeness (QED) is 0.634. The summed E-state index contributed by atoms with van der Waals surface area (Å²) >= 11 is 0. The average Bonchev–Trinajstić information content (AvgIpc) is 3.08. The van der Waals surface area contributed by atoms with E-state index in [-0.39, 0.29) is 5.41 Å². The second kappa shape index (κ2) is 8.46. The molecule has 0 amide bonds. The minimum absolute atomic E-state index is 0.227. The molecule has 0 aromatic heterocycles. The molecule has 0 aliphatic carbocycles. The van der Waals surface area contributed by atoms with Crippen LogP contribution in [-0.4, -0.2) is 54.8 Å². The Morgan fingerprint density at radius 2 is 1.78 bits per heavy atom. The van der Waals surface area contributed by atoms with Gasteiger partial charge in [-0.25, -0.2) is 5.01 Å². The van der Waals surface area contributed by atoms with Gasteiger partial charge in [0.1, 0.15) is 5.84 Å². The molecule has 5 heteroatoms. The van der Waals surface area contributed by atoms with Crippen molar-refractivity contribution < 1.29 is 0 Å². The van der Waals surface area contributed by atoms with Crippen LogP contribution in [0.1, 0.15) is 25.0 Å². The van der Waals surface area contributed by atoms with Crippen molar-refractivity contribution in [2.45, 2.75) is 19.3 Å². The molecule has 0 bridgehead atoms. The lowest BCUT2D eigenvalue weighted by molar-refractivity contribution is 0.358. The zero-order valence-corrected chi connectivity index (χ0v) is 16.5. The molecule has 1 aliphatic heterocycles. The van der Waals surface area contributed by atoms with Crippen LogP contribution in [0.5, 0.6) is 0 Å². The maximum Gasteiger partial charge on any atom is 0.135 e. The number of hydrogen-bond acceptors (Lipinski definition) is 4. The molecule has 0 unspecified atom stereocenters. The van der Waals surface area contributed by atoms with Crippen molar-refractivity contribution in [3.05, 3.63) is 71.8 Å². The van der Waals surface area contributed by atoms with Gasteiger partial charge in [0.25, 0.3) is 0 Å². The highest BCUT2D eigenvalue weighted by Gasteiger charge is 2.41. The fraction of sp³-hybridized carbons (Fsp3) is 0.364. The zero-order valence-electron chi connectivity index (χ0n) is 16.5. The summed E-state index contributed by atoms with van der Waals surface area (Å²) < 4.78 is 0. The fourth-order valence-electron chi connectivity index (χ4n) is 3.35. The monoisotopic (exact) mass is 363 g/mol. The van der Waals surface area contributed by atoms with E-state index in [0.29, 0.717) is 13.2 Å². The molecule has 0 fully saturated rings. The minimum atomic E-state index is -0.227. The second-order valence-electron chi connectivity index (χ2n) is 7.16. The first-order valence-electron chi connectivity index (χ1n) is 9.48. The zero-order chi connectivity index (χ0) is 19.3. The third kappa shape index (κ3) is 4.10. The number of aliphatic imine (C=N–C) groups is 1. The van der Waals surface area contributed by atoms with Crippen LogP contribution < -0.4 is 5.73 Å². The Labute approximate surface area is 162 Å². The molecule has 142 valence electrons. The molecular weight excluding hydrogens is 334 g/mol. The fourth-order valence-corrected chi connectivity index (χ4v) is 3.35. The van der Waals surface area contributed by atoms with Crippen LogP contribution in [0, 0.1) is 0 Å². The van der Waals surface area contributed by atoms with Crippen LogP contribution in [0.15, 0.2) is 70.8 Å². The van der Waals surface area contributed by atoms with Gasteiger partial charge in [0.15, 0.2) is 0 Å². The largest absolute Gasteiger partial charge is 0.324 e. The van der Waals surface area contributed by atoms with Crippen LogP contribution >= 0.6 is 0 Å². The van der Waals surface area contributed by atoms with E-state index in [1.807, 2.05) is 24.2 Å². The van der Waals surface area contributed by atoms with Crippen LogP contribution in [0.2, 0.25) is 0 Å². The van der Waals surface area contributed by atoms with E-state index >= 15 is 0 Å². The van der Waals surface area contributed by atoms with Gasteiger partial charge in [-0.3, -0.25) is 9.89 Å². The maximum absolute atomic E-state index is 6.03. The first kappa shape index (κ1) is 19.3. The van der Waals surface area contributed by atoms with Gasteiger partial charge in [0.2, 0.25) is 0 Å². The third-order valence-electron chi connectivity index (χ3n) is 5.18. The predicted molar refractivity (Wildman–Crippen MR) is 113 cm³/mol. The number of hydrazone groups is 1. The molecule has 3 rings (SSSR count). The van der Waals surface area contributed by atoms with Crippen molar-refractivity contribution in [2.75, 3.05) is 33.4 Å². The van der Waals surface area contributed by atoms with Crippen molar-refractivity contribution in [3.63, 3.8) is 0 Å². The summed E-state index contributed by atoms with van der Waals surface area (Å²) in [4.78, 5) is 6.86. The highest BCUT2D eigenvalue weighted by atomic mass is 15.5. The van der Waals surface area contributed by atoms with E-state index in [4.69, 9.17) is 15.8 Å². The van der Waals surface area contributed by atoms with Gasteiger partial charge < -0.3 is 5.73 Å². The van der Waals surface area contributed by atoms with Gasteiger partial charge >= 0.3 is 0 Å². The summed E-state index contributed by atoms with van der Waals surface area (Å²) in [5, 5.41) is 6.97. The van der Waals surface area contributed by atoms with Gasteiger partial charge in [0.05, 0.1) is 30.9 Å². The second-order valence-corrected chi connectivity index (χ2v) is 7.16. The van der Waals surface area contributed by atoms with Crippen LogP contribution in [0.3, 0.4) is 0 Å². The highest BCUT2D eigenvalue weighted by molar-refractivity contribution is 6.10. The van der Waals surface area contributed by atoms with E-state index in [2.05, 4.69) is 67.3 Å². The molecule has 2 aromatic carbocycles. The highest BCUT2D eigenvalue weighted by Crippen LogP contribution is 2.35. The molecule has 2 aromatic rings. The summed E-state index contributed by atoms with van der Waals surface area (Å²) in [6.45, 7) is 7.03. The summed E-state index contributed by atoms with van der Waals surface area (Å²) in [6.07, 6.45) is 0. The van der Waals surface area contributed by atoms with Gasteiger partial charge in [-0.15, -0.1) is 0 Å². The molecule has 1 atom stereocenters. The molecular formula is C22H29N5. The molecule has 2 N–H and O–H groups in total. The van der Waals surface area contributed by atoms with Crippen LogP contribution in [-0.2, 0) is 5.41 Å². The standard InChI is InChI=1S/C22H29N5/c1-4-26(3)17-24-20(15-23)27-16-22(2,19-13-9-6-10-14-19)21(25-27)18-11-7-5-8-12-18/h5-14H,4,15-17,23H2,1-3H3/t22-/m1/s1. The lowest BCUT2D eigenvalue weighted by Crippen LogP contribution is -2.39. The lowest BCUT2D eigenvalue weighted by Gasteiger charge is -2.27. The van der Waals surface area contributed by atoms with Crippen molar-refractivity contribution in [3.8, 4) is 0 Å². The first-order valence-corrected chi connectivity index (χ1v) is 9.48. The molecule has 5 nitrogen and oxygen atoms in total. The predicted octanol–water partition coefficient (Wildman–Crippen LogP) is 2.93. The Morgan fingerprint density at radius 1 is 1.15 bits per heavy atom. The number of benzene rings is 2. The molecule has 27 heavy (non-hydrogen) atoms.